The van der Waals surface area contributed by atoms with E-state index in [1.807, 2.05) is 30.5 Å². The molecular weight excluding hydrogens is 342 g/mol. The number of rotatable bonds is 4. The molecule has 0 bridgehead atoms. The number of carbonyl (C=O) groups is 1. The van der Waals surface area contributed by atoms with Gasteiger partial charge in [-0.3, -0.25) is 0 Å². The van der Waals surface area contributed by atoms with E-state index in [9.17, 15) is 9.90 Å². The predicted molar refractivity (Wildman–Crippen MR) is 103 cm³/mol. The Morgan fingerprint density at radius 3 is 2.48 bits per heavy atom. The lowest BCUT2D eigenvalue weighted by molar-refractivity contribution is 0.0696. The number of fused-ring (bicyclic) bond motifs is 1. The van der Waals surface area contributed by atoms with Crippen molar-refractivity contribution in [1.82, 2.24) is 15.0 Å². The Kier molecular flexibility index (Phi) is 4.08. The molecule has 2 N–H and O–H groups in total. The summed E-state index contributed by atoms with van der Waals surface area (Å²) in [6.45, 7) is 1.80. The number of nitrogens with zero attached hydrogens (tertiary/aromatic N) is 2. The van der Waals surface area contributed by atoms with Crippen LogP contribution in [0.25, 0.3) is 33.3 Å². The van der Waals surface area contributed by atoms with Crippen molar-refractivity contribution in [2.75, 3.05) is 7.11 Å². The van der Waals surface area contributed by atoms with Gasteiger partial charge in [-0.15, -0.1) is 0 Å². The van der Waals surface area contributed by atoms with Crippen LogP contribution in [0.2, 0.25) is 0 Å². The van der Waals surface area contributed by atoms with Gasteiger partial charge in [0.25, 0.3) is 0 Å². The normalized spacial score (nSPS) is 10.9. The number of aromatic amines is 1. The number of methoxy groups -OCH3 is 1. The van der Waals surface area contributed by atoms with E-state index in [1.54, 1.807) is 32.5 Å². The average molecular weight is 359 g/mol. The molecule has 4 aromatic rings. The Morgan fingerprint density at radius 1 is 1.04 bits per heavy atom. The molecule has 0 saturated heterocycles. The first-order valence-electron chi connectivity index (χ1n) is 8.38. The van der Waals surface area contributed by atoms with Gasteiger partial charge in [-0.05, 0) is 36.2 Å². The van der Waals surface area contributed by atoms with Crippen molar-refractivity contribution in [3.8, 4) is 28.1 Å². The molecule has 0 amide bonds. The Bertz CT molecular complexity index is 1150. The summed E-state index contributed by atoms with van der Waals surface area (Å²) in [6.07, 6.45) is 5.44. The molecular formula is C21H17N3O3. The van der Waals surface area contributed by atoms with Crippen LogP contribution in [0.3, 0.4) is 0 Å². The SMILES string of the molecule is COc1ccc(-c2cnc3[nH]cc(-c4ccc(C(=O)O)c(C)c4)c3c2)cn1. The van der Waals surface area contributed by atoms with Crippen LogP contribution in [-0.2, 0) is 0 Å². The molecule has 0 aliphatic rings. The van der Waals surface area contributed by atoms with Crippen LogP contribution < -0.4 is 4.74 Å². The first-order chi connectivity index (χ1) is 13.1. The smallest absolute Gasteiger partial charge is 0.335 e. The van der Waals surface area contributed by atoms with Gasteiger partial charge in [-0.1, -0.05) is 12.1 Å². The number of nitrogens with one attached hydrogen (secondary N) is 1. The molecule has 0 atom stereocenters. The second-order valence-corrected chi connectivity index (χ2v) is 6.25. The van der Waals surface area contributed by atoms with E-state index in [4.69, 9.17) is 4.74 Å². The minimum atomic E-state index is -0.922. The maximum absolute atomic E-state index is 11.2. The van der Waals surface area contributed by atoms with E-state index in [0.29, 0.717) is 11.4 Å². The second-order valence-electron chi connectivity index (χ2n) is 6.25. The quantitative estimate of drug-likeness (QED) is 0.567. The van der Waals surface area contributed by atoms with E-state index in [2.05, 4.69) is 21.0 Å². The van der Waals surface area contributed by atoms with Crippen molar-refractivity contribution < 1.29 is 14.6 Å². The second kappa shape index (κ2) is 6.57. The maximum atomic E-state index is 11.2. The molecule has 0 aliphatic carbocycles. The average Bonchev–Trinajstić information content (AvgIpc) is 3.11. The molecule has 27 heavy (non-hydrogen) atoms. The zero-order valence-electron chi connectivity index (χ0n) is 14.9. The molecule has 4 rings (SSSR count). The fourth-order valence-corrected chi connectivity index (χ4v) is 3.14. The largest absolute Gasteiger partial charge is 0.481 e. The molecule has 0 aliphatic heterocycles. The summed E-state index contributed by atoms with van der Waals surface area (Å²) in [5.74, 6) is -0.363. The fraction of sp³-hybridized carbons (Fsp3) is 0.0952. The van der Waals surface area contributed by atoms with E-state index >= 15 is 0 Å². The minimum absolute atomic E-state index is 0.307. The van der Waals surface area contributed by atoms with Gasteiger partial charge in [0.05, 0.1) is 12.7 Å². The van der Waals surface area contributed by atoms with Crippen LogP contribution in [0.4, 0.5) is 0 Å². The van der Waals surface area contributed by atoms with Crippen LogP contribution >= 0.6 is 0 Å². The van der Waals surface area contributed by atoms with E-state index < -0.39 is 5.97 Å². The van der Waals surface area contributed by atoms with Gasteiger partial charge >= 0.3 is 5.97 Å². The number of benzene rings is 1. The zero-order chi connectivity index (χ0) is 19.0. The van der Waals surface area contributed by atoms with Crippen LogP contribution in [0.1, 0.15) is 15.9 Å². The van der Waals surface area contributed by atoms with Gasteiger partial charge in [0.15, 0.2) is 0 Å². The molecule has 1 aromatic carbocycles. The number of carboxylic acid groups (broad SMARTS) is 1. The summed E-state index contributed by atoms with van der Waals surface area (Å²) in [7, 11) is 1.58. The first kappa shape index (κ1) is 16.8. The third-order valence-electron chi connectivity index (χ3n) is 4.58. The molecule has 134 valence electrons. The molecule has 0 unspecified atom stereocenters. The van der Waals surface area contributed by atoms with Gasteiger partial charge in [-0.25, -0.2) is 14.8 Å². The Hall–Kier alpha value is -3.67. The van der Waals surface area contributed by atoms with Gasteiger partial charge in [0.2, 0.25) is 5.88 Å². The van der Waals surface area contributed by atoms with Gasteiger partial charge < -0.3 is 14.8 Å². The van der Waals surface area contributed by atoms with Crippen molar-refractivity contribution in [1.29, 1.82) is 0 Å². The standard InChI is InChI=1S/C21H17N3O3/c1-12-7-13(3-5-16(12)21(25)26)18-11-24-20-17(18)8-15(10-23-20)14-4-6-19(27-2)22-9-14/h3-11H,1-2H3,(H,23,24)(H,25,26). The van der Waals surface area contributed by atoms with Gasteiger partial charge in [-0.2, -0.15) is 0 Å². The lowest BCUT2D eigenvalue weighted by atomic mass is 9.99. The van der Waals surface area contributed by atoms with Crippen LogP contribution in [0, 0.1) is 6.92 Å². The lowest BCUT2D eigenvalue weighted by Gasteiger charge is -2.06. The van der Waals surface area contributed by atoms with Crippen molar-refractivity contribution >= 4 is 17.0 Å². The number of ether oxygens (including phenoxy) is 1. The highest BCUT2D eigenvalue weighted by atomic mass is 16.5. The molecule has 3 heterocycles. The number of aromatic carboxylic acids is 1. The Balaban J connectivity index is 1.80. The summed E-state index contributed by atoms with van der Waals surface area (Å²) in [4.78, 5) is 23.2. The van der Waals surface area contributed by atoms with Crippen molar-refractivity contribution in [3.05, 3.63) is 66.1 Å². The highest BCUT2D eigenvalue weighted by Gasteiger charge is 2.12. The van der Waals surface area contributed by atoms with Crippen molar-refractivity contribution in [2.24, 2.45) is 0 Å². The van der Waals surface area contributed by atoms with Crippen LogP contribution in [-0.4, -0.2) is 33.1 Å². The van der Waals surface area contributed by atoms with Crippen LogP contribution in [0.5, 0.6) is 5.88 Å². The van der Waals surface area contributed by atoms with Crippen molar-refractivity contribution in [2.45, 2.75) is 6.92 Å². The third kappa shape index (κ3) is 3.01. The lowest BCUT2D eigenvalue weighted by Crippen LogP contribution is -1.99. The molecule has 6 heteroatoms. The van der Waals surface area contributed by atoms with Gasteiger partial charge in [0.1, 0.15) is 5.65 Å². The van der Waals surface area contributed by atoms with E-state index in [0.717, 1.165) is 38.9 Å². The van der Waals surface area contributed by atoms with Crippen LogP contribution in [0.15, 0.2) is 55.0 Å². The number of hydrogen-bond donors (Lipinski definition) is 2. The molecule has 3 aromatic heterocycles. The Morgan fingerprint density at radius 2 is 1.81 bits per heavy atom. The molecule has 0 radical (unpaired) electrons. The number of pyridine rings is 2. The number of aryl methyl sites for hydroxylation is 1. The molecule has 0 saturated carbocycles. The summed E-state index contributed by atoms with van der Waals surface area (Å²) in [6, 6.07) is 11.1. The third-order valence-corrected chi connectivity index (χ3v) is 4.58. The number of hydrogen-bond acceptors (Lipinski definition) is 4. The minimum Gasteiger partial charge on any atom is -0.481 e. The predicted octanol–water partition coefficient (Wildman–Crippen LogP) is 4.31. The highest BCUT2D eigenvalue weighted by Crippen LogP contribution is 2.32. The van der Waals surface area contributed by atoms with E-state index in [1.165, 1.54) is 0 Å². The summed E-state index contributed by atoms with van der Waals surface area (Å²) >= 11 is 0. The molecule has 0 fully saturated rings. The topological polar surface area (TPSA) is 88.1 Å². The first-order valence-corrected chi connectivity index (χ1v) is 8.38. The molecule has 6 nitrogen and oxygen atoms in total. The van der Waals surface area contributed by atoms with Crippen molar-refractivity contribution in [3.63, 3.8) is 0 Å². The highest BCUT2D eigenvalue weighted by molar-refractivity contribution is 5.97. The summed E-state index contributed by atoms with van der Waals surface area (Å²) in [5.41, 5.74) is 5.60. The van der Waals surface area contributed by atoms with Gasteiger partial charge in [0, 0.05) is 46.7 Å². The number of H-pyrrole nitrogens is 1. The monoisotopic (exact) mass is 359 g/mol. The summed E-state index contributed by atoms with van der Waals surface area (Å²) < 4.78 is 5.10. The number of aromatic nitrogens is 3. The molecule has 0 spiro atoms. The summed E-state index contributed by atoms with van der Waals surface area (Å²) in [5, 5.41) is 10.2. The fourth-order valence-electron chi connectivity index (χ4n) is 3.14. The number of carboxylic acids is 1. The zero-order valence-corrected chi connectivity index (χ0v) is 14.9. The van der Waals surface area contributed by atoms with E-state index in [-0.39, 0.29) is 0 Å². The Labute approximate surface area is 155 Å². The maximum Gasteiger partial charge on any atom is 0.335 e.